The summed E-state index contributed by atoms with van der Waals surface area (Å²) >= 11 is 2.19. The second-order valence-electron chi connectivity index (χ2n) is 12.2. The van der Waals surface area contributed by atoms with Crippen LogP contribution in [0.4, 0.5) is 0 Å². The standard InChI is InChI=1S/C34H55IO5Si/c1-14-16-17-20-26(4)32(27(5)23-35)39-31(36)22-18-21-25(3)28(6)33(38-24-37-11)29(7)30(19-15-2)40-41(12,13)34(8,9)10/h17,20-21,23,26,28-30,32-33H,18,22,24H2,1-13H3/b20-17-,25-21+,27-23+/t26-,28+,29+,30-,32-,33-/m0/s1. The molecule has 0 unspecified atom stereocenters. The molecule has 0 fully saturated rings. The quantitative estimate of drug-likeness (QED) is 0.0403. The van der Waals surface area contributed by atoms with Crippen LogP contribution in [-0.4, -0.2) is 46.5 Å². The molecule has 0 aromatic heterocycles. The van der Waals surface area contributed by atoms with Crippen molar-refractivity contribution in [1.29, 1.82) is 0 Å². The van der Waals surface area contributed by atoms with Crippen molar-refractivity contribution in [2.45, 2.75) is 119 Å². The Morgan fingerprint density at radius 1 is 1.05 bits per heavy atom. The molecule has 232 valence electrons. The predicted octanol–water partition coefficient (Wildman–Crippen LogP) is 8.85. The molecule has 5 nitrogen and oxygen atoms in total. The Hall–Kier alpha value is -1.36. The summed E-state index contributed by atoms with van der Waals surface area (Å²) in [6, 6.07) is 0. The molecule has 0 aromatic carbocycles. The lowest BCUT2D eigenvalue weighted by Crippen LogP contribution is -2.48. The van der Waals surface area contributed by atoms with E-state index < -0.39 is 8.32 Å². The van der Waals surface area contributed by atoms with E-state index in [1.807, 2.05) is 37.0 Å². The molecule has 0 bridgehead atoms. The average molecular weight is 699 g/mol. The van der Waals surface area contributed by atoms with Crippen molar-refractivity contribution in [3.8, 4) is 23.7 Å². The molecule has 0 heterocycles. The summed E-state index contributed by atoms with van der Waals surface area (Å²) in [5.41, 5.74) is 2.16. The maximum absolute atomic E-state index is 12.8. The number of ether oxygens (including phenoxy) is 3. The normalized spacial score (nSPS) is 17.4. The fraction of sp³-hybridized carbons (Fsp3) is 0.676. The number of halogens is 1. The van der Waals surface area contributed by atoms with E-state index in [0.29, 0.717) is 12.8 Å². The van der Waals surface area contributed by atoms with Gasteiger partial charge in [-0.1, -0.05) is 93.7 Å². The maximum atomic E-state index is 12.8. The third-order valence-electron chi connectivity index (χ3n) is 7.90. The summed E-state index contributed by atoms with van der Waals surface area (Å²) in [6.45, 7) is 25.5. The highest BCUT2D eigenvalue weighted by Gasteiger charge is 2.42. The molecular weight excluding hydrogens is 643 g/mol. The van der Waals surface area contributed by atoms with E-state index in [9.17, 15) is 4.79 Å². The first kappa shape index (κ1) is 39.6. The van der Waals surface area contributed by atoms with Crippen LogP contribution < -0.4 is 0 Å². The van der Waals surface area contributed by atoms with Gasteiger partial charge in [-0.2, -0.15) is 0 Å². The number of carbonyl (C=O) groups is 1. The van der Waals surface area contributed by atoms with Gasteiger partial charge in [0.2, 0.25) is 0 Å². The summed E-state index contributed by atoms with van der Waals surface area (Å²) < 4.78 is 26.2. The van der Waals surface area contributed by atoms with Crippen LogP contribution in [0.25, 0.3) is 0 Å². The lowest BCUT2D eigenvalue weighted by Gasteiger charge is -2.41. The largest absolute Gasteiger partial charge is 0.457 e. The molecule has 41 heavy (non-hydrogen) atoms. The molecule has 0 aliphatic heterocycles. The van der Waals surface area contributed by atoms with Crippen LogP contribution in [-0.2, 0) is 23.4 Å². The Kier molecular flexibility index (Phi) is 19.1. The number of carbonyl (C=O) groups excluding carboxylic acids is 1. The van der Waals surface area contributed by atoms with Gasteiger partial charge in [-0.05, 0) is 68.0 Å². The van der Waals surface area contributed by atoms with Gasteiger partial charge in [0.15, 0.2) is 8.32 Å². The van der Waals surface area contributed by atoms with Crippen LogP contribution in [0.2, 0.25) is 18.1 Å². The summed E-state index contributed by atoms with van der Waals surface area (Å²) in [4.78, 5) is 12.8. The summed E-state index contributed by atoms with van der Waals surface area (Å²) in [5, 5.41) is 0.0705. The van der Waals surface area contributed by atoms with Gasteiger partial charge in [0.25, 0.3) is 0 Å². The highest BCUT2D eigenvalue weighted by molar-refractivity contribution is 14.1. The fourth-order valence-electron chi connectivity index (χ4n) is 4.10. The Bertz CT molecular complexity index is 1020. The van der Waals surface area contributed by atoms with Crippen molar-refractivity contribution in [1.82, 2.24) is 0 Å². The van der Waals surface area contributed by atoms with Crippen molar-refractivity contribution in [3.05, 3.63) is 33.5 Å². The molecule has 0 saturated heterocycles. The van der Waals surface area contributed by atoms with Gasteiger partial charge in [-0.15, -0.1) is 11.8 Å². The first-order valence-corrected chi connectivity index (χ1v) is 18.7. The minimum absolute atomic E-state index is 0.00535. The van der Waals surface area contributed by atoms with E-state index in [2.05, 4.69) is 107 Å². The molecule has 0 N–H and O–H groups in total. The zero-order chi connectivity index (χ0) is 31.8. The van der Waals surface area contributed by atoms with E-state index >= 15 is 0 Å². The predicted molar refractivity (Wildman–Crippen MR) is 183 cm³/mol. The van der Waals surface area contributed by atoms with E-state index in [1.54, 1.807) is 14.0 Å². The van der Waals surface area contributed by atoms with Crippen molar-refractivity contribution >= 4 is 36.9 Å². The second kappa shape index (κ2) is 19.8. The third kappa shape index (κ3) is 14.1. The smallest absolute Gasteiger partial charge is 0.306 e. The van der Waals surface area contributed by atoms with E-state index in [-0.39, 0.29) is 53.9 Å². The van der Waals surface area contributed by atoms with Crippen LogP contribution in [0.3, 0.4) is 0 Å². The average Bonchev–Trinajstić information content (AvgIpc) is 2.90. The minimum atomic E-state index is -2.05. The first-order valence-electron chi connectivity index (χ1n) is 14.5. The third-order valence-corrected chi connectivity index (χ3v) is 13.3. The van der Waals surface area contributed by atoms with Gasteiger partial charge in [-0.3, -0.25) is 4.79 Å². The van der Waals surface area contributed by atoms with Crippen LogP contribution in [0, 0.1) is 41.4 Å². The van der Waals surface area contributed by atoms with Gasteiger partial charge in [0, 0.05) is 31.3 Å². The minimum Gasteiger partial charge on any atom is -0.457 e. The molecule has 6 atom stereocenters. The van der Waals surface area contributed by atoms with Gasteiger partial charge in [0.1, 0.15) is 19.0 Å². The van der Waals surface area contributed by atoms with Gasteiger partial charge >= 0.3 is 5.97 Å². The lowest BCUT2D eigenvalue weighted by atomic mass is 9.85. The summed E-state index contributed by atoms with van der Waals surface area (Å²) in [7, 11) is -0.423. The van der Waals surface area contributed by atoms with E-state index in [1.165, 1.54) is 0 Å². The van der Waals surface area contributed by atoms with Crippen LogP contribution in [0.15, 0.2) is 33.5 Å². The molecule has 0 radical (unpaired) electrons. The number of rotatable bonds is 16. The molecule has 0 amide bonds. The molecule has 0 rings (SSSR count). The number of hydrogen-bond acceptors (Lipinski definition) is 5. The maximum Gasteiger partial charge on any atom is 0.306 e. The van der Waals surface area contributed by atoms with E-state index in [0.717, 1.165) is 11.1 Å². The molecular formula is C34H55IO5Si. The Balaban J connectivity index is 5.67. The second-order valence-corrected chi connectivity index (χ2v) is 17.6. The van der Waals surface area contributed by atoms with Crippen molar-refractivity contribution in [3.63, 3.8) is 0 Å². The highest BCUT2D eigenvalue weighted by atomic mass is 127. The summed E-state index contributed by atoms with van der Waals surface area (Å²) in [5.74, 6) is 12.1. The highest BCUT2D eigenvalue weighted by Crippen LogP contribution is 2.39. The molecule has 0 saturated carbocycles. The zero-order valence-corrected chi connectivity index (χ0v) is 31.0. The Morgan fingerprint density at radius 2 is 1.68 bits per heavy atom. The van der Waals surface area contributed by atoms with Crippen molar-refractivity contribution in [2.24, 2.45) is 17.8 Å². The van der Waals surface area contributed by atoms with Gasteiger partial charge < -0.3 is 18.6 Å². The molecule has 0 aliphatic rings. The number of methoxy groups -OCH3 is 1. The van der Waals surface area contributed by atoms with E-state index in [4.69, 9.17) is 18.6 Å². The monoisotopic (exact) mass is 698 g/mol. The summed E-state index contributed by atoms with van der Waals surface area (Å²) in [6.07, 6.45) is 6.07. The van der Waals surface area contributed by atoms with Gasteiger partial charge in [-0.25, -0.2) is 0 Å². The van der Waals surface area contributed by atoms with Crippen molar-refractivity contribution < 1.29 is 23.4 Å². The molecule has 0 aromatic rings. The first-order chi connectivity index (χ1) is 19.1. The van der Waals surface area contributed by atoms with Crippen molar-refractivity contribution in [2.75, 3.05) is 13.9 Å². The number of hydrogen-bond donors (Lipinski definition) is 0. The number of esters is 1. The van der Waals surface area contributed by atoms with Gasteiger partial charge in [0.05, 0.1) is 6.10 Å². The zero-order valence-electron chi connectivity index (χ0n) is 27.8. The Labute approximate surface area is 266 Å². The lowest BCUT2D eigenvalue weighted by molar-refractivity contribution is -0.148. The number of allylic oxidation sites excluding steroid dienone is 2. The molecule has 0 aliphatic carbocycles. The molecule has 0 spiro atoms. The molecule has 7 heteroatoms. The fourth-order valence-corrected chi connectivity index (χ4v) is 5.72. The van der Waals surface area contributed by atoms with Crippen LogP contribution in [0.5, 0.6) is 0 Å². The van der Waals surface area contributed by atoms with Crippen LogP contribution in [0.1, 0.15) is 82.1 Å². The Morgan fingerprint density at radius 3 is 2.20 bits per heavy atom. The van der Waals surface area contributed by atoms with Crippen LogP contribution >= 0.6 is 22.6 Å². The topological polar surface area (TPSA) is 54.0 Å². The SMILES string of the molecule is CC#C/C=C\[C@H](C)[C@H](OC(=O)CC/C=C(\C)[C@@H](C)[C@H](OCOC)[C@H](C)[C@H](C#CC)O[Si](C)(C)C(C)(C)C)/C(C)=C/I.